The summed E-state index contributed by atoms with van der Waals surface area (Å²) in [6, 6.07) is 9.91. The topological polar surface area (TPSA) is 96.4 Å². The van der Waals surface area contributed by atoms with Gasteiger partial charge in [0.2, 0.25) is 5.88 Å². The van der Waals surface area contributed by atoms with Gasteiger partial charge in [-0.3, -0.25) is 4.79 Å². The van der Waals surface area contributed by atoms with Crippen molar-refractivity contribution in [3.63, 3.8) is 0 Å². The lowest BCUT2D eigenvalue weighted by molar-refractivity contribution is -0.137. The molecule has 1 N–H and O–H groups in total. The second-order valence-corrected chi connectivity index (χ2v) is 10.2. The lowest BCUT2D eigenvalue weighted by Crippen LogP contribution is -2.34. The molecule has 0 bridgehead atoms. The van der Waals surface area contributed by atoms with E-state index in [-0.39, 0.29) is 28.9 Å². The van der Waals surface area contributed by atoms with E-state index in [0.717, 1.165) is 43.8 Å². The minimum absolute atomic E-state index is 0.0388. The Labute approximate surface area is 245 Å². The number of anilines is 2. The van der Waals surface area contributed by atoms with Crippen LogP contribution in [-0.4, -0.2) is 64.0 Å². The molecule has 224 valence electrons. The van der Waals surface area contributed by atoms with Crippen molar-refractivity contribution < 1.29 is 27.1 Å². The van der Waals surface area contributed by atoms with Gasteiger partial charge in [0.15, 0.2) is 5.82 Å². The highest BCUT2D eigenvalue weighted by Gasteiger charge is 2.33. The molecule has 1 saturated heterocycles. The average molecular weight is 596 g/mol. The van der Waals surface area contributed by atoms with Crippen LogP contribution in [0.2, 0.25) is 0 Å². The Morgan fingerprint density at radius 1 is 1.14 bits per heavy atom. The monoisotopic (exact) mass is 595 g/mol. The predicted octanol–water partition coefficient (Wildman–Crippen LogP) is 5.84. The molecule has 1 aliphatic rings. The maximum Gasteiger partial charge on any atom is 0.416 e. The minimum Gasteiger partial charge on any atom is -0.438 e. The maximum absolute atomic E-state index is 14.7. The molecule has 9 nitrogen and oxygen atoms in total. The normalized spacial score (nSPS) is 15.4. The van der Waals surface area contributed by atoms with Crippen LogP contribution >= 0.6 is 0 Å². The number of ether oxygens (including phenoxy) is 1. The molecule has 13 heteroatoms. The maximum atomic E-state index is 14.7. The van der Waals surface area contributed by atoms with Crippen LogP contribution in [0.25, 0.3) is 11.4 Å². The van der Waals surface area contributed by atoms with Crippen molar-refractivity contribution in [2.75, 3.05) is 37.4 Å². The Kier molecular flexibility index (Phi) is 8.53. The van der Waals surface area contributed by atoms with Crippen LogP contribution < -0.4 is 15.0 Å². The number of benzene rings is 2. The third-order valence-corrected chi connectivity index (χ3v) is 7.16. The molecule has 43 heavy (non-hydrogen) atoms. The summed E-state index contributed by atoms with van der Waals surface area (Å²) in [7, 11) is 3.74. The standard InChI is InChI=1S/C30H29F4N7O2/c1-4-26-36-17-37-27(39-26)23-6-5-10-35-29(23)43-22-13-18(12-20(31)15-22)28(42)38-24-14-19(30(32,33)34)7-8-25(24)41(3)21-9-11-40(2)16-21/h5-8,10,12-15,17,21H,4,9,11,16H2,1-3H3,(H,38,42)/t21-/m1/s1. The van der Waals surface area contributed by atoms with Crippen LogP contribution in [0.3, 0.4) is 0 Å². The van der Waals surface area contributed by atoms with Crippen molar-refractivity contribution in [3.05, 3.63) is 83.8 Å². The van der Waals surface area contributed by atoms with Crippen LogP contribution in [0.5, 0.6) is 11.6 Å². The van der Waals surface area contributed by atoms with E-state index in [1.165, 1.54) is 24.7 Å². The first-order valence-electron chi connectivity index (χ1n) is 13.6. The molecule has 5 rings (SSSR count). The Balaban J connectivity index is 1.44. The fraction of sp³-hybridized carbons (Fsp3) is 0.300. The van der Waals surface area contributed by atoms with Crippen LogP contribution in [0.4, 0.5) is 28.9 Å². The molecule has 2 aromatic carbocycles. The lowest BCUT2D eigenvalue weighted by atomic mass is 10.1. The largest absolute Gasteiger partial charge is 0.438 e. The van der Waals surface area contributed by atoms with Gasteiger partial charge in [0, 0.05) is 43.9 Å². The van der Waals surface area contributed by atoms with E-state index < -0.39 is 23.5 Å². The van der Waals surface area contributed by atoms with Crippen molar-refractivity contribution in [3.8, 4) is 23.0 Å². The first kappa shape index (κ1) is 29.8. The SMILES string of the molecule is CCc1ncnc(-c2cccnc2Oc2cc(F)cc(C(=O)Nc3cc(C(F)(F)F)ccc3N(C)[C@@H]3CCN(C)C3)c2)n1. The summed E-state index contributed by atoms with van der Waals surface area (Å²) >= 11 is 0. The molecule has 1 fully saturated rings. The van der Waals surface area contributed by atoms with Gasteiger partial charge in [-0.2, -0.15) is 13.2 Å². The van der Waals surface area contributed by atoms with Gasteiger partial charge in [0.1, 0.15) is 23.7 Å². The molecule has 0 spiro atoms. The Morgan fingerprint density at radius 3 is 2.67 bits per heavy atom. The van der Waals surface area contributed by atoms with E-state index in [4.69, 9.17) is 4.74 Å². The number of aryl methyl sites for hydroxylation is 1. The van der Waals surface area contributed by atoms with E-state index in [9.17, 15) is 22.4 Å². The minimum atomic E-state index is -4.62. The number of pyridine rings is 1. The van der Waals surface area contributed by atoms with Crippen LogP contribution in [0, 0.1) is 5.82 Å². The number of halogens is 4. The second-order valence-electron chi connectivity index (χ2n) is 10.2. The van der Waals surface area contributed by atoms with Gasteiger partial charge >= 0.3 is 6.18 Å². The van der Waals surface area contributed by atoms with E-state index in [1.54, 1.807) is 19.2 Å². The zero-order valence-electron chi connectivity index (χ0n) is 23.7. The van der Waals surface area contributed by atoms with Crippen molar-refractivity contribution >= 4 is 17.3 Å². The third kappa shape index (κ3) is 6.88. The lowest BCUT2D eigenvalue weighted by Gasteiger charge is -2.29. The molecule has 4 aromatic rings. The van der Waals surface area contributed by atoms with Crippen LogP contribution in [0.1, 0.15) is 35.1 Å². The number of likely N-dealkylation sites (N-methyl/N-ethyl adjacent to an activating group) is 2. The smallest absolute Gasteiger partial charge is 0.416 e. The summed E-state index contributed by atoms with van der Waals surface area (Å²) in [5.41, 5.74) is -0.288. The second kappa shape index (κ2) is 12.3. The average Bonchev–Trinajstić information content (AvgIpc) is 3.42. The molecule has 1 amide bonds. The van der Waals surface area contributed by atoms with Crippen molar-refractivity contribution in [2.45, 2.75) is 32.0 Å². The molecule has 1 atom stereocenters. The summed E-state index contributed by atoms with van der Waals surface area (Å²) < 4.78 is 61.4. The van der Waals surface area contributed by atoms with E-state index >= 15 is 0 Å². The molecule has 0 unspecified atom stereocenters. The van der Waals surface area contributed by atoms with Gasteiger partial charge in [-0.05, 0) is 62.5 Å². The Hall–Kier alpha value is -4.65. The number of carbonyl (C=O) groups is 1. The van der Waals surface area contributed by atoms with E-state index in [1.807, 2.05) is 18.9 Å². The van der Waals surface area contributed by atoms with Crippen LogP contribution in [-0.2, 0) is 12.6 Å². The fourth-order valence-electron chi connectivity index (χ4n) is 4.88. The van der Waals surface area contributed by atoms with Gasteiger partial charge in [-0.25, -0.2) is 24.3 Å². The third-order valence-electron chi connectivity index (χ3n) is 7.16. The van der Waals surface area contributed by atoms with Gasteiger partial charge in [0.25, 0.3) is 5.91 Å². The Bertz CT molecular complexity index is 1630. The molecule has 2 aromatic heterocycles. The highest BCUT2D eigenvalue weighted by molar-refractivity contribution is 6.06. The number of amides is 1. The van der Waals surface area contributed by atoms with Gasteiger partial charge in [-0.15, -0.1) is 0 Å². The zero-order chi connectivity index (χ0) is 30.7. The number of nitrogens with one attached hydrogen (secondary N) is 1. The summed E-state index contributed by atoms with van der Waals surface area (Å²) in [5, 5.41) is 2.56. The van der Waals surface area contributed by atoms with Crippen molar-refractivity contribution in [1.29, 1.82) is 0 Å². The highest BCUT2D eigenvalue weighted by Crippen LogP contribution is 2.37. The van der Waals surface area contributed by atoms with E-state index in [0.29, 0.717) is 29.3 Å². The van der Waals surface area contributed by atoms with Crippen molar-refractivity contribution in [2.24, 2.45) is 0 Å². The highest BCUT2D eigenvalue weighted by atomic mass is 19.4. The molecule has 1 aliphatic heterocycles. The number of alkyl halides is 3. The summed E-state index contributed by atoms with van der Waals surface area (Å²) in [4.78, 5) is 34.2. The van der Waals surface area contributed by atoms with Gasteiger partial charge < -0.3 is 19.9 Å². The number of aromatic nitrogens is 4. The number of hydrogen-bond donors (Lipinski definition) is 1. The summed E-state index contributed by atoms with van der Waals surface area (Å²) in [5.74, 6) is -0.721. The van der Waals surface area contributed by atoms with E-state index in [2.05, 4.69) is 30.2 Å². The molecule has 0 aliphatic carbocycles. The number of likely N-dealkylation sites (tertiary alicyclic amines) is 1. The first-order valence-corrected chi connectivity index (χ1v) is 13.6. The van der Waals surface area contributed by atoms with Gasteiger partial charge in [-0.1, -0.05) is 6.92 Å². The molecule has 3 heterocycles. The fourth-order valence-corrected chi connectivity index (χ4v) is 4.88. The number of carbonyl (C=O) groups excluding carboxylic acids is 1. The van der Waals surface area contributed by atoms with Crippen molar-refractivity contribution in [1.82, 2.24) is 24.8 Å². The first-order chi connectivity index (χ1) is 20.5. The summed E-state index contributed by atoms with van der Waals surface area (Å²) in [6.07, 6.45) is -0.392. The number of rotatable bonds is 8. The number of nitrogens with zero attached hydrogens (tertiary/aromatic N) is 6. The van der Waals surface area contributed by atoms with Gasteiger partial charge in [0.05, 0.1) is 22.5 Å². The predicted molar refractivity (Wildman–Crippen MR) is 153 cm³/mol. The van der Waals surface area contributed by atoms with Crippen LogP contribution in [0.15, 0.2) is 61.1 Å². The quantitative estimate of drug-likeness (QED) is 0.254. The zero-order valence-corrected chi connectivity index (χ0v) is 23.7. The molecule has 0 radical (unpaired) electrons. The molecular formula is C30H29F4N7O2. The number of hydrogen-bond acceptors (Lipinski definition) is 8. The molecule has 0 saturated carbocycles. The summed E-state index contributed by atoms with van der Waals surface area (Å²) in [6.45, 7) is 3.45. The molecular weight excluding hydrogens is 566 g/mol. The Morgan fingerprint density at radius 2 is 1.95 bits per heavy atom.